The van der Waals surface area contributed by atoms with Gasteiger partial charge < -0.3 is 4.74 Å². The summed E-state index contributed by atoms with van der Waals surface area (Å²) in [6.07, 6.45) is 1.67. The molecule has 0 aliphatic heterocycles. The van der Waals surface area contributed by atoms with Crippen LogP contribution in [0.25, 0.3) is 0 Å². The first-order valence-corrected chi connectivity index (χ1v) is 9.72. The van der Waals surface area contributed by atoms with Gasteiger partial charge in [0.25, 0.3) is 0 Å². The molecule has 15 heavy (non-hydrogen) atoms. The van der Waals surface area contributed by atoms with E-state index in [1.54, 1.807) is 10.9 Å². The first kappa shape index (κ1) is 13.2. The summed E-state index contributed by atoms with van der Waals surface area (Å²) in [7, 11) is -1.00. The van der Waals surface area contributed by atoms with E-state index in [2.05, 4.69) is 40.7 Å². The molecule has 1 aromatic heterocycles. The van der Waals surface area contributed by atoms with Crippen LogP contribution in [0.15, 0.2) is 10.7 Å². The van der Waals surface area contributed by atoms with Gasteiger partial charge in [-0.15, -0.1) is 0 Å². The summed E-state index contributed by atoms with van der Waals surface area (Å²) in [6, 6.07) is 1.16. The molecule has 0 aliphatic carbocycles. The first-order valence-electron chi connectivity index (χ1n) is 4.85. The van der Waals surface area contributed by atoms with Crippen molar-refractivity contribution in [3.05, 3.63) is 15.8 Å². The van der Waals surface area contributed by atoms with Gasteiger partial charge in [0.05, 0.1) is 10.7 Å². The molecule has 1 aromatic rings. The molecule has 1 heterocycles. The van der Waals surface area contributed by atoms with Crippen LogP contribution in [0.3, 0.4) is 0 Å². The van der Waals surface area contributed by atoms with Crippen LogP contribution in [-0.4, -0.2) is 24.5 Å². The lowest BCUT2D eigenvalue weighted by Crippen LogP contribution is -2.22. The number of hydrogen-bond donors (Lipinski definition) is 0. The molecule has 1 rings (SSSR count). The second-order valence-corrected chi connectivity index (χ2v) is 11.5. The van der Waals surface area contributed by atoms with Crippen LogP contribution in [0.2, 0.25) is 30.8 Å². The molecule has 0 aliphatic rings. The summed E-state index contributed by atoms with van der Waals surface area (Å²) in [4.78, 5) is 0. The Bertz CT molecular complexity index is 324. The fraction of sp³-hybridized carbons (Fsp3) is 0.667. The fourth-order valence-electron chi connectivity index (χ4n) is 0.967. The zero-order chi connectivity index (χ0) is 11.5. The molecule has 3 nitrogen and oxygen atoms in total. The lowest BCUT2D eigenvalue weighted by atomic mass is 10.7. The highest BCUT2D eigenvalue weighted by Crippen LogP contribution is 2.21. The van der Waals surface area contributed by atoms with Gasteiger partial charge in [-0.2, -0.15) is 5.10 Å². The Morgan fingerprint density at radius 1 is 1.53 bits per heavy atom. The van der Waals surface area contributed by atoms with Crippen molar-refractivity contribution in [2.75, 3.05) is 6.61 Å². The van der Waals surface area contributed by atoms with E-state index in [9.17, 15) is 0 Å². The average molecular weight is 312 g/mol. The number of aromatic nitrogens is 2. The second kappa shape index (κ2) is 5.47. The van der Waals surface area contributed by atoms with Crippen LogP contribution >= 0.6 is 27.5 Å². The second-order valence-electron chi connectivity index (χ2n) is 4.63. The maximum Gasteiger partial charge on any atom is 0.143 e. The number of ether oxygens (including phenoxy) is 1. The van der Waals surface area contributed by atoms with Crippen molar-refractivity contribution < 1.29 is 4.74 Å². The summed E-state index contributed by atoms with van der Waals surface area (Å²) in [5.74, 6) is 0. The molecule has 0 spiro atoms. The molecule has 0 aromatic carbocycles. The predicted octanol–water partition coefficient (Wildman–Crippen LogP) is 3.61. The highest BCUT2D eigenvalue weighted by molar-refractivity contribution is 9.10. The van der Waals surface area contributed by atoms with E-state index >= 15 is 0 Å². The van der Waals surface area contributed by atoms with E-state index in [0.29, 0.717) is 11.9 Å². The molecular formula is C9H16BrClN2OSi. The quantitative estimate of drug-likeness (QED) is 0.613. The summed E-state index contributed by atoms with van der Waals surface area (Å²) in [6.45, 7) is 8.19. The van der Waals surface area contributed by atoms with Gasteiger partial charge in [-0.1, -0.05) is 31.2 Å². The van der Waals surface area contributed by atoms with Crippen LogP contribution in [0.5, 0.6) is 0 Å². The predicted molar refractivity (Wildman–Crippen MR) is 69.0 cm³/mol. The zero-order valence-corrected chi connectivity index (χ0v) is 12.6. The third kappa shape index (κ3) is 4.67. The minimum Gasteiger partial charge on any atom is -0.359 e. The Balaban J connectivity index is 2.30. The minimum atomic E-state index is -1.00. The van der Waals surface area contributed by atoms with Crippen molar-refractivity contribution in [2.24, 2.45) is 0 Å². The Morgan fingerprint density at radius 3 is 2.67 bits per heavy atom. The Kier molecular flexibility index (Phi) is 4.83. The van der Waals surface area contributed by atoms with E-state index in [1.165, 1.54) is 0 Å². The van der Waals surface area contributed by atoms with E-state index in [4.69, 9.17) is 16.3 Å². The molecule has 0 unspecified atom stereocenters. The Labute approximate surface area is 105 Å². The highest BCUT2D eigenvalue weighted by atomic mass is 79.9. The monoisotopic (exact) mass is 310 g/mol. The molecule has 0 atom stereocenters. The number of nitrogens with zero attached hydrogens (tertiary/aromatic N) is 2. The summed E-state index contributed by atoms with van der Waals surface area (Å²) < 4.78 is 7.96. The van der Waals surface area contributed by atoms with Gasteiger partial charge in [-0.3, -0.25) is 0 Å². The van der Waals surface area contributed by atoms with E-state index < -0.39 is 8.07 Å². The molecule has 6 heteroatoms. The van der Waals surface area contributed by atoms with Gasteiger partial charge in [0, 0.05) is 14.7 Å². The zero-order valence-electron chi connectivity index (χ0n) is 9.26. The van der Waals surface area contributed by atoms with Crippen molar-refractivity contribution in [3.8, 4) is 0 Å². The molecule has 0 N–H and O–H groups in total. The normalized spacial score (nSPS) is 12.1. The number of rotatable bonds is 5. The molecule has 86 valence electrons. The first-order chi connectivity index (χ1) is 6.90. The lowest BCUT2D eigenvalue weighted by molar-refractivity contribution is 0.0787. The molecule has 0 bridgehead atoms. The topological polar surface area (TPSA) is 27.1 Å². The van der Waals surface area contributed by atoms with Crippen LogP contribution in [-0.2, 0) is 11.5 Å². The molecule has 0 saturated heterocycles. The van der Waals surface area contributed by atoms with Gasteiger partial charge in [0.15, 0.2) is 0 Å². The van der Waals surface area contributed by atoms with Gasteiger partial charge >= 0.3 is 0 Å². The standard InChI is InChI=1S/C9H16BrClN2OSi/c1-15(2,3)5-4-14-7-13-9(11)8(10)6-12-13/h6H,4-5,7H2,1-3H3. The average Bonchev–Trinajstić information content (AvgIpc) is 2.42. The van der Waals surface area contributed by atoms with Gasteiger partial charge in [0.2, 0.25) is 0 Å². The fourth-order valence-corrected chi connectivity index (χ4v) is 2.16. The summed E-state index contributed by atoms with van der Waals surface area (Å²) in [5.41, 5.74) is 0. The summed E-state index contributed by atoms with van der Waals surface area (Å²) in [5, 5.41) is 4.66. The van der Waals surface area contributed by atoms with Crippen molar-refractivity contribution in [3.63, 3.8) is 0 Å². The minimum absolute atomic E-state index is 0.426. The van der Waals surface area contributed by atoms with Gasteiger partial charge in [-0.05, 0) is 22.0 Å². The molecule has 0 saturated carbocycles. The molecule has 0 radical (unpaired) electrons. The largest absolute Gasteiger partial charge is 0.359 e. The van der Waals surface area contributed by atoms with E-state index in [1.807, 2.05) is 0 Å². The van der Waals surface area contributed by atoms with Crippen LogP contribution in [0.1, 0.15) is 0 Å². The van der Waals surface area contributed by atoms with Crippen molar-refractivity contribution >= 4 is 35.6 Å². The maximum atomic E-state index is 5.96. The van der Waals surface area contributed by atoms with Crippen LogP contribution in [0.4, 0.5) is 0 Å². The molecular weight excluding hydrogens is 296 g/mol. The Hall–Kier alpha value is 0.157. The highest BCUT2D eigenvalue weighted by Gasteiger charge is 2.12. The number of hydrogen-bond acceptors (Lipinski definition) is 2. The van der Waals surface area contributed by atoms with Crippen LogP contribution in [0, 0.1) is 0 Å². The smallest absolute Gasteiger partial charge is 0.143 e. The Morgan fingerprint density at radius 2 is 2.20 bits per heavy atom. The molecule has 0 fully saturated rings. The maximum absolute atomic E-state index is 5.96. The lowest BCUT2D eigenvalue weighted by Gasteiger charge is -2.15. The van der Waals surface area contributed by atoms with Crippen molar-refractivity contribution in [1.29, 1.82) is 0 Å². The SMILES string of the molecule is C[Si](C)(C)CCOCn1ncc(Br)c1Cl. The van der Waals surface area contributed by atoms with Gasteiger partial charge in [-0.25, -0.2) is 4.68 Å². The van der Waals surface area contributed by atoms with Crippen LogP contribution < -0.4 is 0 Å². The van der Waals surface area contributed by atoms with Crippen molar-refractivity contribution in [2.45, 2.75) is 32.4 Å². The van der Waals surface area contributed by atoms with Crippen molar-refractivity contribution in [1.82, 2.24) is 9.78 Å². The third-order valence-corrected chi connectivity index (χ3v) is 4.86. The molecule has 0 amide bonds. The number of halogens is 2. The van der Waals surface area contributed by atoms with Gasteiger partial charge in [0.1, 0.15) is 11.9 Å². The van der Waals surface area contributed by atoms with E-state index in [0.717, 1.165) is 17.1 Å². The van der Waals surface area contributed by atoms with E-state index in [-0.39, 0.29) is 0 Å². The third-order valence-electron chi connectivity index (χ3n) is 1.94. The summed E-state index contributed by atoms with van der Waals surface area (Å²) >= 11 is 9.25.